The van der Waals surface area contributed by atoms with Crippen molar-refractivity contribution < 1.29 is 13.9 Å². The summed E-state index contributed by atoms with van der Waals surface area (Å²) in [5, 5.41) is 6.66. The van der Waals surface area contributed by atoms with E-state index in [2.05, 4.69) is 47.3 Å². The van der Waals surface area contributed by atoms with Gasteiger partial charge >= 0.3 is 0 Å². The van der Waals surface area contributed by atoms with Crippen LogP contribution in [-0.2, 0) is 9.53 Å². The van der Waals surface area contributed by atoms with Gasteiger partial charge in [0.2, 0.25) is 17.7 Å². The van der Waals surface area contributed by atoms with Crippen LogP contribution >= 0.6 is 0 Å². The van der Waals surface area contributed by atoms with Gasteiger partial charge in [0.15, 0.2) is 5.82 Å². The molecule has 1 unspecified atom stereocenters. The maximum Gasteiger partial charge on any atom is 0.241 e. The minimum Gasteiger partial charge on any atom is -0.481 e. The first-order valence-electron chi connectivity index (χ1n) is 12.5. The smallest absolute Gasteiger partial charge is 0.241 e. The van der Waals surface area contributed by atoms with Crippen molar-refractivity contribution in [2.45, 2.75) is 19.9 Å². The molecule has 5 N–H and O–H groups in total. The lowest BCUT2D eigenvalue weighted by Gasteiger charge is -2.36. The van der Waals surface area contributed by atoms with Crippen molar-refractivity contribution in [2.24, 2.45) is 10.7 Å². The van der Waals surface area contributed by atoms with E-state index < -0.39 is 5.82 Å². The van der Waals surface area contributed by atoms with Crippen molar-refractivity contribution in [1.82, 2.24) is 24.8 Å². The molecule has 3 heterocycles. The number of ether oxygens (including phenoxy) is 1. The Morgan fingerprint density at radius 2 is 2.08 bits per heavy atom. The first-order valence-corrected chi connectivity index (χ1v) is 12.5. The number of hydrogen-bond acceptors (Lipinski definition) is 9. The normalized spacial score (nSPS) is 16.4. The van der Waals surface area contributed by atoms with Crippen LogP contribution in [0.2, 0.25) is 0 Å². The number of aromatic nitrogens is 3. The quantitative estimate of drug-likeness (QED) is 0.248. The number of piperazine rings is 1. The van der Waals surface area contributed by atoms with Gasteiger partial charge in [-0.2, -0.15) is 0 Å². The summed E-state index contributed by atoms with van der Waals surface area (Å²) >= 11 is 0. The first-order chi connectivity index (χ1) is 18.4. The summed E-state index contributed by atoms with van der Waals surface area (Å²) < 4.78 is 20.0. The molecule has 11 nitrogen and oxygen atoms in total. The molecule has 1 aromatic carbocycles. The number of methoxy groups -OCH3 is 1. The molecular formula is C26H34FN9O2. The summed E-state index contributed by atoms with van der Waals surface area (Å²) in [6.45, 7) is 8.68. The van der Waals surface area contributed by atoms with Crippen LogP contribution in [0.5, 0.6) is 0 Å². The summed E-state index contributed by atoms with van der Waals surface area (Å²) in [5.41, 5.74) is 8.09. The van der Waals surface area contributed by atoms with E-state index in [1.54, 1.807) is 13.2 Å². The Balaban J connectivity index is 1.58. The molecule has 0 radical (unpaired) electrons. The summed E-state index contributed by atoms with van der Waals surface area (Å²) in [6, 6.07) is 5.20. The second-order valence-corrected chi connectivity index (χ2v) is 8.95. The highest BCUT2D eigenvalue weighted by Gasteiger charge is 2.26. The lowest BCUT2D eigenvalue weighted by Crippen LogP contribution is -2.52. The molecule has 2 aromatic heterocycles. The molecule has 0 spiro atoms. The highest BCUT2D eigenvalue weighted by Crippen LogP contribution is 2.33. The second-order valence-electron chi connectivity index (χ2n) is 8.95. The van der Waals surface area contributed by atoms with Gasteiger partial charge in [0.05, 0.1) is 30.6 Å². The molecule has 0 saturated carbocycles. The van der Waals surface area contributed by atoms with Crippen LogP contribution in [0.15, 0.2) is 47.2 Å². The molecule has 1 amide bonds. The number of aromatic amines is 1. The van der Waals surface area contributed by atoms with Crippen molar-refractivity contribution in [3.8, 4) is 11.3 Å². The number of benzene rings is 1. The number of nitrogens with zero attached hydrogens (tertiary/aromatic N) is 5. The van der Waals surface area contributed by atoms with E-state index in [1.165, 1.54) is 13.3 Å². The molecule has 202 valence electrons. The Hall–Kier alpha value is -4.03. The first kappa shape index (κ1) is 27.0. The summed E-state index contributed by atoms with van der Waals surface area (Å²) in [7, 11) is 3.00. The van der Waals surface area contributed by atoms with Gasteiger partial charge in [-0.05, 0) is 19.5 Å². The number of allylic oxidation sites excluding steroid dienone is 1. The second kappa shape index (κ2) is 12.0. The van der Waals surface area contributed by atoms with E-state index in [-0.39, 0.29) is 29.5 Å². The van der Waals surface area contributed by atoms with Crippen LogP contribution in [0.1, 0.15) is 13.8 Å². The molecule has 1 fully saturated rings. The van der Waals surface area contributed by atoms with Crippen molar-refractivity contribution >= 4 is 34.7 Å². The van der Waals surface area contributed by atoms with Crippen molar-refractivity contribution in [3.63, 3.8) is 0 Å². The highest BCUT2D eigenvalue weighted by atomic mass is 19.1. The van der Waals surface area contributed by atoms with E-state index in [9.17, 15) is 9.18 Å². The number of carbonyl (C=O) groups is 1. The van der Waals surface area contributed by atoms with E-state index in [4.69, 9.17) is 10.5 Å². The lowest BCUT2D eigenvalue weighted by molar-refractivity contribution is -0.121. The third kappa shape index (κ3) is 5.76. The average Bonchev–Trinajstić information content (AvgIpc) is 3.38. The largest absolute Gasteiger partial charge is 0.481 e. The fraction of sp³-hybridized carbons (Fsp3) is 0.385. The van der Waals surface area contributed by atoms with E-state index in [0.717, 1.165) is 38.9 Å². The number of likely N-dealkylation sites (N-methyl/N-ethyl adjacent to an activating group) is 1. The number of carbonyl (C=O) groups excluding carboxylic acids is 1. The minimum absolute atomic E-state index is 0.0824. The number of aliphatic imine (C=N–C) groups is 1. The maximum absolute atomic E-state index is 14.9. The molecule has 1 aliphatic heterocycles. The van der Waals surface area contributed by atoms with Gasteiger partial charge in [-0.15, -0.1) is 0 Å². The van der Waals surface area contributed by atoms with Crippen molar-refractivity contribution in [1.29, 1.82) is 0 Å². The van der Waals surface area contributed by atoms with E-state index in [0.29, 0.717) is 27.9 Å². The number of rotatable bonds is 9. The molecule has 1 atom stereocenters. The van der Waals surface area contributed by atoms with Gasteiger partial charge in [0.1, 0.15) is 11.4 Å². The fourth-order valence-corrected chi connectivity index (χ4v) is 4.46. The number of nitrogens with two attached hydrogens (primary N) is 1. The molecule has 4 rings (SSSR count). The Morgan fingerprint density at radius 1 is 1.32 bits per heavy atom. The number of hydrogen-bond donors (Lipinski definition) is 4. The SMILES string of the molecule is CCN1CCN(C(C)C(=O)Nc2cccc3c(-c4nc(NC(C=NC)=C(N)OC)ncc4F)c[nH]c23)CC1. The third-order valence-corrected chi connectivity index (χ3v) is 6.74. The number of fused-ring (bicyclic) bond motifs is 1. The van der Waals surface area contributed by atoms with Crippen molar-refractivity contribution in [2.75, 3.05) is 57.5 Å². The average molecular weight is 524 g/mol. The minimum atomic E-state index is -0.597. The molecule has 38 heavy (non-hydrogen) atoms. The molecular weight excluding hydrogens is 489 g/mol. The summed E-state index contributed by atoms with van der Waals surface area (Å²) in [5.74, 6) is -0.489. The Labute approximate surface area is 221 Å². The number of anilines is 2. The van der Waals surface area contributed by atoms with Crippen LogP contribution in [0.4, 0.5) is 16.0 Å². The van der Waals surface area contributed by atoms with Crippen LogP contribution in [0, 0.1) is 5.82 Å². The van der Waals surface area contributed by atoms with Crippen molar-refractivity contribution in [3.05, 3.63) is 48.0 Å². The number of halogens is 1. The van der Waals surface area contributed by atoms with Gasteiger partial charge < -0.3 is 31.0 Å². The van der Waals surface area contributed by atoms with E-state index in [1.807, 2.05) is 25.1 Å². The summed E-state index contributed by atoms with van der Waals surface area (Å²) in [4.78, 5) is 33.2. The number of para-hydroxylation sites is 1. The van der Waals surface area contributed by atoms with Gasteiger partial charge in [-0.3, -0.25) is 14.7 Å². The highest BCUT2D eigenvalue weighted by molar-refractivity contribution is 6.06. The zero-order valence-electron chi connectivity index (χ0n) is 22.1. The third-order valence-electron chi connectivity index (χ3n) is 6.74. The van der Waals surface area contributed by atoms with Gasteiger partial charge in [0.25, 0.3) is 0 Å². The standard InChI is InChI=1S/C26H34FN9O2/c1-5-35-9-11-36(12-10-35)16(2)25(37)32-20-8-6-7-17-18(13-30-23(17)20)22-19(27)14-31-26(34-22)33-21(15-29-3)24(28)38-4/h6-8,13-16,30H,5,9-12,28H2,1-4H3,(H,32,37)(H,31,33,34). The van der Waals surface area contributed by atoms with Crippen LogP contribution in [0.25, 0.3) is 22.2 Å². The Morgan fingerprint density at radius 3 is 2.76 bits per heavy atom. The predicted molar refractivity (Wildman–Crippen MR) is 147 cm³/mol. The lowest BCUT2D eigenvalue weighted by atomic mass is 10.1. The monoisotopic (exact) mass is 523 g/mol. The zero-order chi connectivity index (χ0) is 27.2. The molecule has 0 bridgehead atoms. The topological polar surface area (TPSA) is 137 Å². The van der Waals surface area contributed by atoms with Gasteiger partial charge in [-0.25, -0.2) is 14.4 Å². The zero-order valence-corrected chi connectivity index (χ0v) is 22.1. The molecule has 1 aliphatic rings. The molecule has 3 aromatic rings. The maximum atomic E-state index is 14.9. The summed E-state index contributed by atoms with van der Waals surface area (Å²) in [6.07, 6.45) is 4.20. The van der Waals surface area contributed by atoms with Crippen LogP contribution in [0.3, 0.4) is 0 Å². The number of nitrogens with one attached hydrogen (secondary N) is 3. The Bertz CT molecular complexity index is 1350. The molecule has 0 aliphatic carbocycles. The molecule has 12 heteroatoms. The van der Waals surface area contributed by atoms with Crippen LogP contribution < -0.4 is 16.4 Å². The number of H-pyrrole nitrogens is 1. The van der Waals surface area contributed by atoms with E-state index >= 15 is 0 Å². The predicted octanol–water partition coefficient (Wildman–Crippen LogP) is 2.62. The Kier molecular flexibility index (Phi) is 8.54. The molecule has 1 saturated heterocycles. The fourth-order valence-electron chi connectivity index (χ4n) is 4.46. The van der Waals surface area contributed by atoms with Gasteiger partial charge in [-0.1, -0.05) is 19.1 Å². The number of amides is 1. The van der Waals surface area contributed by atoms with Crippen LogP contribution in [-0.4, -0.2) is 89.8 Å². The van der Waals surface area contributed by atoms with Gasteiger partial charge in [0, 0.05) is 56.6 Å².